The molecule has 18 heavy (non-hydrogen) atoms. The van der Waals surface area contributed by atoms with Gasteiger partial charge in [0.2, 0.25) is 0 Å². The Morgan fingerprint density at radius 3 is 2.44 bits per heavy atom. The van der Waals surface area contributed by atoms with Crippen LogP contribution in [0.5, 0.6) is 0 Å². The number of hydrogen-bond acceptors (Lipinski definition) is 2. The molecule has 2 heteroatoms. The molecule has 2 nitrogen and oxygen atoms in total. The molecule has 0 unspecified atom stereocenters. The molecule has 1 saturated heterocycles. The molecule has 0 atom stereocenters. The number of nitrogens with one attached hydrogen (secondary N) is 1. The summed E-state index contributed by atoms with van der Waals surface area (Å²) in [4.78, 5) is 2.51. The van der Waals surface area contributed by atoms with E-state index in [9.17, 15) is 0 Å². The highest BCUT2D eigenvalue weighted by Crippen LogP contribution is 2.20. The zero-order valence-electron chi connectivity index (χ0n) is 11.6. The smallest absolute Gasteiger partial charge is 0.0366 e. The molecular formula is C16H26N2. The van der Waals surface area contributed by atoms with Crippen LogP contribution in [0, 0.1) is 0 Å². The van der Waals surface area contributed by atoms with E-state index < -0.39 is 0 Å². The number of piperidine rings is 1. The van der Waals surface area contributed by atoms with E-state index in [1.54, 1.807) is 0 Å². The van der Waals surface area contributed by atoms with Gasteiger partial charge in [0.15, 0.2) is 0 Å². The first kappa shape index (κ1) is 13.4. The van der Waals surface area contributed by atoms with Crippen LogP contribution in [0.2, 0.25) is 0 Å². The Labute approximate surface area is 111 Å². The third-order valence-electron chi connectivity index (χ3n) is 3.69. The van der Waals surface area contributed by atoms with Crippen LogP contribution in [-0.4, -0.2) is 19.6 Å². The molecular weight excluding hydrogens is 220 g/mol. The topological polar surface area (TPSA) is 15.3 Å². The van der Waals surface area contributed by atoms with Gasteiger partial charge >= 0.3 is 0 Å². The second-order valence-corrected chi connectivity index (χ2v) is 5.24. The fraction of sp³-hybridized carbons (Fsp3) is 0.625. The minimum atomic E-state index is 1.00. The van der Waals surface area contributed by atoms with Crippen LogP contribution >= 0.6 is 0 Å². The van der Waals surface area contributed by atoms with Gasteiger partial charge in [0.1, 0.15) is 0 Å². The van der Waals surface area contributed by atoms with Gasteiger partial charge in [-0.1, -0.05) is 25.5 Å². The van der Waals surface area contributed by atoms with Gasteiger partial charge in [-0.2, -0.15) is 0 Å². The highest BCUT2D eigenvalue weighted by molar-refractivity contribution is 5.47. The number of unbranched alkanes of at least 4 members (excludes halogenated alkanes) is 1. The Hall–Kier alpha value is -1.02. The van der Waals surface area contributed by atoms with Crippen molar-refractivity contribution in [1.29, 1.82) is 0 Å². The second kappa shape index (κ2) is 7.42. The first-order valence-corrected chi connectivity index (χ1v) is 7.45. The Bertz CT molecular complexity index is 325. The monoisotopic (exact) mass is 246 g/mol. The summed E-state index contributed by atoms with van der Waals surface area (Å²) < 4.78 is 0. The van der Waals surface area contributed by atoms with E-state index in [0.29, 0.717) is 0 Å². The zero-order valence-corrected chi connectivity index (χ0v) is 11.6. The Morgan fingerprint density at radius 1 is 1.06 bits per heavy atom. The van der Waals surface area contributed by atoms with E-state index in [0.717, 1.165) is 13.1 Å². The Morgan fingerprint density at radius 2 is 1.78 bits per heavy atom. The lowest BCUT2D eigenvalue weighted by Crippen LogP contribution is -2.29. The van der Waals surface area contributed by atoms with Crippen molar-refractivity contribution in [2.45, 2.75) is 45.6 Å². The molecule has 1 aromatic carbocycles. The van der Waals surface area contributed by atoms with Gasteiger partial charge in [0.25, 0.3) is 0 Å². The maximum atomic E-state index is 3.49. The zero-order chi connectivity index (χ0) is 12.6. The summed E-state index contributed by atoms with van der Waals surface area (Å²) in [5.41, 5.74) is 2.79. The standard InChI is InChI=1S/C16H26N2/c1-2-3-11-17-14-15-7-9-16(10-8-15)18-12-5-4-6-13-18/h7-10,17H,2-6,11-14H2,1H3. The second-order valence-electron chi connectivity index (χ2n) is 5.24. The number of anilines is 1. The first-order chi connectivity index (χ1) is 8.90. The Balaban J connectivity index is 1.81. The summed E-state index contributed by atoms with van der Waals surface area (Å²) in [6.45, 7) is 6.82. The summed E-state index contributed by atoms with van der Waals surface area (Å²) in [7, 11) is 0. The molecule has 2 rings (SSSR count). The molecule has 0 spiro atoms. The molecule has 1 heterocycles. The quantitative estimate of drug-likeness (QED) is 0.772. The average Bonchev–Trinajstić information content (AvgIpc) is 2.45. The summed E-state index contributed by atoms with van der Waals surface area (Å²) in [5, 5.41) is 3.49. The van der Waals surface area contributed by atoms with Gasteiger partial charge in [-0.05, 0) is 49.9 Å². The minimum Gasteiger partial charge on any atom is -0.372 e. The summed E-state index contributed by atoms with van der Waals surface area (Å²) >= 11 is 0. The van der Waals surface area contributed by atoms with Crippen LogP contribution in [0.1, 0.15) is 44.6 Å². The fourth-order valence-electron chi connectivity index (χ4n) is 2.51. The van der Waals surface area contributed by atoms with Crippen LogP contribution < -0.4 is 10.2 Å². The largest absolute Gasteiger partial charge is 0.372 e. The van der Waals surface area contributed by atoms with Gasteiger partial charge in [0, 0.05) is 25.3 Å². The molecule has 0 radical (unpaired) electrons. The van der Waals surface area contributed by atoms with Gasteiger partial charge in [-0.15, -0.1) is 0 Å². The molecule has 0 aliphatic carbocycles. The van der Waals surface area contributed by atoms with Crippen molar-refractivity contribution in [2.75, 3.05) is 24.5 Å². The molecule has 100 valence electrons. The van der Waals surface area contributed by atoms with Crippen molar-refractivity contribution < 1.29 is 0 Å². The fourth-order valence-corrected chi connectivity index (χ4v) is 2.51. The number of benzene rings is 1. The Kier molecular flexibility index (Phi) is 5.53. The van der Waals surface area contributed by atoms with Crippen molar-refractivity contribution in [3.05, 3.63) is 29.8 Å². The third-order valence-corrected chi connectivity index (χ3v) is 3.69. The van der Waals surface area contributed by atoms with Crippen LogP contribution in [0.4, 0.5) is 5.69 Å². The van der Waals surface area contributed by atoms with Crippen LogP contribution in [0.25, 0.3) is 0 Å². The van der Waals surface area contributed by atoms with E-state index in [1.807, 2.05) is 0 Å². The maximum absolute atomic E-state index is 3.49. The summed E-state index contributed by atoms with van der Waals surface area (Å²) in [6.07, 6.45) is 6.63. The number of hydrogen-bond donors (Lipinski definition) is 1. The average molecular weight is 246 g/mol. The first-order valence-electron chi connectivity index (χ1n) is 7.45. The van der Waals surface area contributed by atoms with Gasteiger partial charge in [-0.3, -0.25) is 0 Å². The van der Waals surface area contributed by atoms with Crippen molar-refractivity contribution in [1.82, 2.24) is 5.32 Å². The SMILES string of the molecule is CCCCNCc1ccc(N2CCCCC2)cc1. The van der Waals surface area contributed by atoms with Gasteiger partial charge in [-0.25, -0.2) is 0 Å². The van der Waals surface area contributed by atoms with Crippen molar-refractivity contribution in [3.8, 4) is 0 Å². The van der Waals surface area contributed by atoms with Crippen LogP contribution in [0.3, 0.4) is 0 Å². The van der Waals surface area contributed by atoms with E-state index in [4.69, 9.17) is 0 Å². The molecule has 1 N–H and O–H groups in total. The van der Waals surface area contributed by atoms with E-state index in [2.05, 4.69) is 41.4 Å². The van der Waals surface area contributed by atoms with Gasteiger partial charge in [0.05, 0.1) is 0 Å². The lowest BCUT2D eigenvalue weighted by atomic mass is 10.1. The maximum Gasteiger partial charge on any atom is 0.0366 e. The number of nitrogens with zero attached hydrogens (tertiary/aromatic N) is 1. The molecule has 0 saturated carbocycles. The van der Waals surface area contributed by atoms with Gasteiger partial charge < -0.3 is 10.2 Å². The molecule has 1 aliphatic heterocycles. The lowest BCUT2D eigenvalue weighted by Gasteiger charge is -2.28. The lowest BCUT2D eigenvalue weighted by molar-refractivity contribution is 0.577. The predicted molar refractivity (Wildman–Crippen MR) is 79.1 cm³/mol. The molecule has 0 aromatic heterocycles. The van der Waals surface area contributed by atoms with Crippen molar-refractivity contribution in [3.63, 3.8) is 0 Å². The van der Waals surface area contributed by atoms with E-state index in [1.165, 1.54) is 56.4 Å². The van der Waals surface area contributed by atoms with Crippen molar-refractivity contribution >= 4 is 5.69 Å². The summed E-state index contributed by atoms with van der Waals surface area (Å²) in [6, 6.07) is 9.09. The normalized spacial score (nSPS) is 15.9. The highest BCUT2D eigenvalue weighted by atomic mass is 15.1. The molecule has 0 amide bonds. The highest BCUT2D eigenvalue weighted by Gasteiger charge is 2.10. The molecule has 1 fully saturated rings. The van der Waals surface area contributed by atoms with Crippen LogP contribution in [0.15, 0.2) is 24.3 Å². The molecule has 0 bridgehead atoms. The van der Waals surface area contributed by atoms with E-state index >= 15 is 0 Å². The molecule has 1 aliphatic rings. The predicted octanol–water partition coefficient (Wildman–Crippen LogP) is 3.57. The molecule has 1 aromatic rings. The minimum absolute atomic E-state index is 1.00. The van der Waals surface area contributed by atoms with E-state index in [-0.39, 0.29) is 0 Å². The number of rotatable bonds is 6. The van der Waals surface area contributed by atoms with Crippen LogP contribution in [-0.2, 0) is 6.54 Å². The third kappa shape index (κ3) is 4.02. The van der Waals surface area contributed by atoms with Crippen molar-refractivity contribution in [2.24, 2.45) is 0 Å². The summed E-state index contributed by atoms with van der Waals surface area (Å²) in [5.74, 6) is 0.